The third-order valence-corrected chi connectivity index (χ3v) is 2.47. The van der Waals surface area contributed by atoms with E-state index in [2.05, 4.69) is 38.1 Å². The van der Waals surface area contributed by atoms with E-state index in [1.807, 2.05) is 13.8 Å². The second-order valence-electron chi connectivity index (χ2n) is 3.60. The van der Waals surface area contributed by atoms with Gasteiger partial charge in [0, 0.05) is 0 Å². The largest absolute Gasteiger partial charge is 0.459 e. The number of benzene rings is 1. The van der Waals surface area contributed by atoms with Crippen LogP contribution in [-0.4, -0.2) is 6.79 Å². The normalized spacial score (nSPS) is 13.9. The predicted octanol–water partition coefficient (Wildman–Crippen LogP) is 3.55. The molecule has 0 spiro atoms. The molecule has 0 saturated carbocycles. The molecule has 1 aromatic carbocycles. The fourth-order valence-electron chi connectivity index (χ4n) is 1.07. The molecule has 1 heterocycles. The van der Waals surface area contributed by atoms with E-state index in [1.54, 1.807) is 0 Å². The third-order valence-electron chi connectivity index (χ3n) is 2.47. The summed E-state index contributed by atoms with van der Waals surface area (Å²) >= 11 is 0. The highest BCUT2D eigenvalue weighted by molar-refractivity contribution is 5.23. The Bertz CT molecular complexity index is 320. The minimum Gasteiger partial charge on any atom is -0.459 e. The molecule has 0 aliphatic carbocycles. The van der Waals surface area contributed by atoms with E-state index in [1.165, 1.54) is 11.1 Å². The van der Waals surface area contributed by atoms with E-state index < -0.39 is 0 Å². The van der Waals surface area contributed by atoms with Crippen LogP contribution >= 0.6 is 0 Å². The van der Waals surface area contributed by atoms with Gasteiger partial charge in [-0.3, -0.25) is 0 Å². The first-order valence-corrected chi connectivity index (χ1v) is 5.06. The monoisotopic (exact) mass is 206 g/mol. The van der Waals surface area contributed by atoms with Crippen LogP contribution in [0.5, 0.6) is 0 Å². The Kier molecular flexibility index (Phi) is 4.22. The van der Waals surface area contributed by atoms with Gasteiger partial charge in [0.05, 0.1) is 0 Å². The lowest BCUT2D eigenvalue weighted by molar-refractivity contribution is 0.0724. The van der Waals surface area contributed by atoms with Crippen molar-refractivity contribution in [3.63, 3.8) is 0 Å². The van der Waals surface area contributed by atoms with Gasteiger partial charge < -0.3 is 9.47 Å². The first kappa shape index (κ1) is 11.6. The molecular weight excluding hydrogens is 188 g/mol. The van der Waals surface area contributed by atoms with Crippen LogP contribution in [0.1, 0.15) is 25.0 Å². The highest BCUT2D eigenvalue weighted by atomic mass is 16.7. The number of hydrogen-bond acceptors (Lipinski definition) is 2. The van der Waals surface area contributed by atoms with E-state index in [4.69, 9.17) is 9.47 Å². The van der Waals surface area contributed by atoms with Crippen LogP contribution in [0.3, 0.4) is 0 Å². The smallest absolute Gasteiger partial charge is 0.230 e. The van der Waals surface area contributed by atoms with Crippen LogP contribution in [0.2, 0.25) is 0 Å². The van der Waals surface area contributed by atoms with Gasteiger partial charge in [0.15, 0.2) is 0 Å². The summed E-state index contributed by atoms with van der Waals surface area (Å²) in [5, 5.41) is 0. The summed E-state index contributed by atoms with van der Waals surface area (Å²) in [5.41, 5.74) is 2.74. The maximum Gasteiger partial charge on any atom is 0.230 e. The second kappa shape index (κ2) is 5.44. The molecule has 0 fully saturated rings. The van der Waals surface area contributed by atoms with E-state index in [0.717, 1.165) is 11.5 Å². The minimum absolute atomic E-state index is 0.400. The minimum atomic E-state index is 0.400. The maximum absolute atomic E-state index is 4.92. The zero-order valence-corrected chi connectivity index (χ0v) is 9.83. The van der Waals surface area contributed by atoms with Gasteiger partial charge in [0.1, 0.15) is 11.5 Å². The standard InChI is InChI=1S/C8H10.C5H8O2/c1-7-5-3-4-6-8(7)2;1-4-5(2)7-3-6-4/h3-6H,1-2H3;3H2,1-2H3. The Morgan fingerprint density at radius 3 is 1.40 bits per heavy atom. The Hall–Kier alpha value is -1.44. The van der Waals surface area contributed by atoms with E-state index >= 15 is 0 Å². The summed E-state index contributed by atoms with van der Waals surface area (Å²) in [7, 11) is 0. The molecule has 15 heavy (non-hydrogen) atoms. The predicted molar refractivity (Wildman–Crippen MR) is 61.3 cm³/mol. The molecule has 0 atom stereocenters. The average Bonchev–Trinajstić information content (AvgIpc) is 2.57. The van der Waals surface area contributed by atoms with E-state index in [0.29, 0.717) is 6.79 Å². The molecule has 0 saturated heterocycles. The Morgan fingerprint density at radius 1 is 0.800 bits per heavy atom. The zero-order valence-electron chi connectivity index (χ0n) is 9.83. The molecule has 1 aliphatic rings. The van der Waals surface area contributed by atoms with Crippen molar-refractivity contribution in [3.8, 4) is 0 Å². The molecule has 0 amide bonds. The maximum atomic E-state index is 4.92. The molecule has 0 N–H and O–H groups in total. The molecule has 0 bridgehead atoms. The van der Waals surface area contributed by atoms with Crippen molar-refractivity contribution in [2.45, 2.75) is 27.7 Å². The molecule has 2 rings (SSSR count). The first-order valence-electron chi connectivity index (χ1n) is 5.06. The van der Waals surface area contributed by atoms with Crippen molar-refractivity contribution < 1.29 is 9.47 Å². The lowest BCUT2D eigenvalue weighted by atomic mass is 10.1. The van der Waals surface area contributed by atoms with Crippen LogP contribution in [0, 0.1) is 13.8 Å². The lowest BCUT2D eigenvalue weighted by Gasteiger charge is -1.93. The van der Waals surface area contributed by atoms with E-state index in [9.17, 15) is 0 Å². The van der Waals surface area contributed by atoms with Crippen molar-refractivity contribution in [2.75, 3.05) is 6.79 Å². The van der Waals surface area contributed by atoms with Crippen LogP contribution < -0.4 is 0 Å². The molecule has 1 aromatic rings. The van der Waals surface area contributed by atoms with Gasteiger partial charge in [-0.1, -0.05) is 24.3 Å². The fourth-order valence-corrected chi connectivity index (χ4v) is 1.07. The van der Waals surface area contributed by atoms with E-state index in [-0.39, 0.29) is 0 Å². The highest BCUT2D eigenvalue weighted by Gasteiger charge is 2.05. The van der Waals surface area contributed by atoms with Crippen LogP contribution in [0.25, 0.3) is 0 Å². The van der Waals surface area contributed by atoms with Gasteiger partial charge in [-0.2, -0.15) is 0 Å². The molecular formula is C13H18O2. The Labute approximate surface area is 91.5 Å². The van der Waals surface area contributed by atoms with Crippen molar-refractivity contribution >= 4 is 0 Å². The van der Waals surface area contributed by atoms with Gasteiger partial charge in [0.2, 0.25) is 6.79 Å². The summed E-state index contributed by atoms with van der Waals surface area (Å²) < 4.78 is 9.84. The van der Waals surface area contributed by atoms with Crippen molar-refractivity contribution in [2.24, 2.45) is 0 Å². The summed E-state index contributed by atoms with van der Waals surface area (Å²) in [4.78, 5) is 0. The summed E-state index contributed by atoms with van der Waals surface area (Å²) in [5.74, 6) is 1.81. The van der Waals surface area contributed by atoms with Crippen molar-refractivity contribution in [3.05, 3.63) is 46.9 Å². The van der Waals surface area contributed by atoms with Crippen LogP contribution in [0.15, 0.2) is 35.8 Å². The molecule has 82 valence electrons. The van der Waals surface area contributed by atoms with Crippen LogP contribution in [-0.2, 0) is 9.47 Å². The Balaban J connectivity index is 0.000000151. The second-order valence-corrected chi connectivity index (χ2v) is 3.60. The van der Waals surface area contributed by atoms with Gasteiger partial charge in [-0.15, -0.1) is 0 Å². The zero-order chi connectivity index (χ0) is 11.3. The van der Waals surface area contributed by atoms with Gasteiger partial charge >= 0.3 is 0 Å². The quantitative estimate of drug-likeness (QED) is 0.646. The summed E-state index contributed by atoms with van der Waals surface area (Å²) in [6.07, 6.45) is 0. The fraction of sp³-hybridized carbons (Fsp3) is 0.385. The third kappa shape index (κ3) is 3.66. The molecule has 2 heteroatoms. The Morgan fingerprint density at radius 2 is 1.20 bits per heavy atom. The summed E-state index contributed by atoms with van der Waals surface area (Å²) in [6.45, 7) is 8.42. The number of ether oxygens (including phenoxy) is 2. The van der Waals surface area contributed by atoms with Crippen molar-refractivity contribution in [1.29, 1.82) is 0 Å². The topological polar surface area (TPSA) is 18.5 Å². The van der Waals surface area contributed by atoms with Gasteiger partial charge in [0.25, 0.3) is 0 Å². The molecule has 0 unspecified atom stereocenters. The van der Waals surface area contributed by atoms with Crippen molar-refractivity contribution in [1.82, 2.24) is 0 Å². The number of rotatable bonds is 0. The average molecular weight is 206 g/mol. The lowest BCUT2D eigenvalue weighted by Crippen LogP contribution is -1.79. The number of allylic oxidation sites excluding steroid dienone is 2. The molecule has 0 radical (unpaired) electrons. The summed E-state index contributed by atoms with van der Waals surface area (Å²) in [6, 6.07) is 8.36. The molecule has 0 aromatic heterocycles. The highest BCUT2D eigenvalue weighted by Crippen LogP contribution is 2.12. The van der Waals surface area contributed by atoms with Gasteiger partial charge in [-0.25, -0.2) is 0 Å². The molecule has 1 aliphatic heterocycles. The first-order chi connectivity index (χ1) is 7.11. The number of hydrogen-bond donors (Lipinski definition) is 0. The number of aryl methyl sites for hydroxylation is 2. The molecule has 2 nitrogen and oxygen atoms in total. The van der Waals surface area contributed by atoms with Crippen LogP contribution in [0.4, 0.5) is 0 Å². The SMILES string of the molecule is CC1=C(C)OCO1.Cc1ccccc1C. The van der Waals surface area contributed by atoms with Gasteiger partial charge in [-0.05, 0) is 38.8 Å².